The van der Waals surface area contributed by atoms with Crippen molar-refractivity contribution in [1.29, 1.82) is 0 Å². The third kappa shape index (κ3) is 6.28. The van der Waals surface area contributed by atoms with Gasteiger partial charge < -0.3 is 16.0 Å². The molecule has 1 saturated heterocycles. The summed E-state index contributed by atoms with van der Waals surface area (Å²) >= 11 is 0. The Morgan fingerprint density at radius 3 is 2.80 bits per heavy atom. The fraction of sp³-hybridized carbons (Fsp3) is 0.857. The number of guanidine groups is 1. The highest BCUT2D eigenvalue weighted by molar-refractivity contribution is 14.0. The molecule has 0 radical (unpaired) electrons. The Labute approximate surface area is 138 Å². The minimum Gasteiger partial charge on any atom is -0.370 e. The van der Waals surface area contributed by atoms with Crippen LogP contribution in [0.1, 0.15) is 45.4 Å². The third-order valence-corrected chi connectivity index (χ3v) is 3.76. The summed E-state index contributed by atoms with van der Waals surface area (Å²) in [5.74, 6) is 1.50. The van der Waals surface area contributed by atoms with E-state index in [0.29, 0.717) is 30.9 Å². The number of carbonyl (C=O) groups is 1. The zero-order valence-electron chi connectivity index (χ0n) is 12.3. The number of hydrogen-bond donors (Lipinski definition) is 2. The smallest absolute Gasteiger partial charge is 0.220 e. The summed E-state index contributed by atoms with van der Waals surface area (Å²) in [7, 11) is 0. The van der Waals surface area contributed by atoms with Gasteiger partial charge in [-0.15, -0.1) is 24.0 Å². The SMILES string of the molecule is CC1CCCN(C(N)=NCCCC(=O)NC2CC2)C1.I. The highest BCUT2D eigenvalue weighted by Crippen LogP contribution is 2.18. The minimum atomic E-state index is 0. The van der Waals surface area contributed by atoms with Gasteiger partial charge in [0.25, 0.3) is 0 Å². The van der Waals surface area contributed by atoms with Gasteiger partial charge in [-0.3, -0.25) is 9.79 Å². The van der Waals surface area contributed by atoms with E-state index in [1.165, 1.54) is 12.8 Å². The average Bonchev–Trinajstić information content (AvgIpc) is 3.18. The Bertz CT molecular complexity index is 344. The maximum Gasteiger partial charge on any atom is 0.220 e. The van der Waals surface area contributed by atoms with Gasteiger partial charge in [0.2, 0.25) is 5.91 Å². The number of rotatable bonds is 5. The number of hydrogen-bond acceptors (Lipinski definition) is 2. The van der Waals surface area contributed by atoms with Crippen molar-refractivity contribution in [3.8, 4) is 0 Å². The second-order valence-electron chi connectivity index (χ2n) is 5.88. The number of aliphatic imine (C=N–C) groups is 1. The van der Waals surface area contributed by atoms with Crippen molar-refractivity contribution >= 4 is 35.8 Å². The normalized spacial score (nSPS) is 23.1. The summed E-state index contributed by atoms with van der Waals surface area (Å²) in [5, 5.41) is 2.98. The van der Waals surface area contributed by atoms with Gasteiger partial charge in [0.1, 0.15) is 0 Å². The standard InChI is InChI=1S/C14H26N4O.HI/c1-11-4-3-9-18(10-11)14(15)16-8-2-5-13(19)17-12-6-7-12;/h11-12H,2-10H2,1H3,(H2,15,16)(H,17,19);1H. The van der Waals surface area contributed by atoms with Gasteiger partial charge in [0.05, 0.1) is 0 Å². The lowest BCUT2D eigenvalue weighted by Crippen LogP contribution is -2.43. The zero-order valence-corrected chi connectivity index (χ0v) is 14.6. The predicted octanol–water partition coefficient (Wildman–Crippen LogP) is 1.71. The van der Waals surface area contributed by atoms with Crippen LogP contribution in [0.15, 0.2) is 4.99 Å². The van der Waals surface area contributed by atoms with E-state index < -0.39 is 0 Å². The Morgan fingerprint density at radius 2 is 2.15 bits per heavy atom. The summed E-state index contributed by atoms with van der Waals surface area (Å²) in [6.45, 7) is 4.93. The Kier molecular flexibility index (Phi) is 7.61. The van der Waals surface area contributed by atoms with Gasteiger partial charge in [-0.25, -0.2) is 0 Å². The molecule has 0 spiro atoms. The zero-order chi connectivity index (χ0) is 13.7. The van der Waals surface area contributed by atoms with Gasteiger partial charge in [-0.2, -0.15) is 0 Å². The minimum absolute atomic E-state index is 0. The summed E-state index contributed by atoms with van der Waals surface area (Å²) < 4.78 is 0. The Hall–Kier alpha value is -0.530. The van der Waals surface area contributed by atoms with Crippen LogP contribution < -0.4 is 11.1 Å². The van der Waals surface area contributed by atoms with Crippen molar-refractivity contribution in [2.45, 2.75) is 51.5 Å². The Balaban J connectivity index is 0.00000200. The molecule has 0 bridgehead atoms. The molecule has 1 aliphatic heterocycles. The highest BCUT2D eigenvalue weighted by atomic mass is 127. The first-order chi connectivity index (χ1) is 9.15. The topological polar surface area (TPSA) is 70.7 Å². The molecule has 20 heavy (non-hydrogen) atoms. The molecule has 116 valence electrons. The molecule has 1 heterocycles. The van der Waals surface area contributed by atoms with E-state index in [2.05, 4.69) is 22.1 Å². The van der Waals surface area contributed by atoms with Crippen LogP contribution in [0.25, 0.3) is 0 Å². The molecular weight excluding hydrogens is 367 g/mol. The van der Waals surface area contributed by atoms with E-state index in [0.717, 1.165) is 32.4 Å². The number of nitrogens with two attached hydrogens (primary N) is 1. The maximum atomic E-state index is 11.5. The van der Waals surface area contributed by atoms with Gasteiger partial charge >= 0.3 is 0 Å². The van der Waals surface area contributed by atoms with E-state index in [-0.39, 0.29) is 29.9 Å². The molecule has 6 heteroatoms. The lowest BCUT2D eigenvalue weighted by atomic mass is 10.0. The predicted molar refractivity (Wildman–Crippen MR) is 92.3 cm³/mol. The van der Waals surface area contributed by atoms with Crippen molar-refractivity contribution in [1.82, 2.24) is 10.2 Å². The van der Waals surface area contributed by atoms with Crippen molar-refractivity contribution in [3.05, 3.63) is 0 Å². The van der Waals surface area contributed by atoms with Crippen LogP contribution in [0.3, 0.4) is 0 Å². The number of likely N-dealkylation sites (tertiary alicyclic amines) is 1. The third-order valence-electron chi connectivity index (χ3n) is 3.76. The molecule has 1 atom stereocenters. The molecule has 0 aromatic heterocycles. The van der Waals surface area contributed by atoms with Crippen LogP contribution in [-0.2, 0) is 4.79 Å². The number of halogens is 1. The molecule has 1 saturated carbocycles. The summed E-state index contributed by atoms with van der Waals surface area (Å²) in [6, 6.07) is 0.455. The summed E-state index contributed by atoms with van der Waals surface area (Å²) in [4.78, 5) is 18.0. The van der Waals surface area contributed by atoms with E-state index in [4.69, 9.17) is 5.73 Å². The number of nitrogens with zero attached hydrogens (tertiary/aromatic N) is 2. The van der Waals surface area contributed by atoms with E-state index >= 15 is 0 Å². The largest absolute Gasteiger partial charge is 0.370 e. The van der Waals surface area contributed by atoms with Crippen LogP contribution in [0, 0.1) is 5.92 Å². The molecule has 5 nitrogen and oxygen atoms in total. The van der Waals surface area contributed by atoms with Gasteiger partial charge in [-0.1, -0.05) is 6.92 Å². The summed E-state index contributed by atoms with van der Waals surface area (Å²) in [6.07, 6.45) is 6.10. The lowest BCUT2D eigenvalue weighted by Gasteiger charge is -2.31. The number of amides is 1. The van der Waals surface area contributed by atoms with Crippen molar-refractivity contribution in [3.63, 3.8) is 0 Å². The van der Waals surface area contributed by atoms with Crippen molar-refractivity contribution in [2.75, 3.05) is 19.6 Å². The molecule has 1 unspecified atom stereocenters. The Morgan fingerprint density at radius 1 is 1.40 bits per heavy atom. The molecule has 2 aliphatic rings. The number of carbonyl (C=O) groups excluding carboxylic acids is 1. The van der Waals surface area contributed by atoms with Gasteiger partial charge in [0, 0.05) is 32.1 Å². The van der Waals surface area contributed by atoms with Crippen LogP contribution >= 0.6 is 24.0 Å². The second kappa shape index (κ2) is 8.69. The molecule has 3 N–H and O–H groups in total. The van der Waals surface area contributed by atoms with Gasteiger partial charge in [0.15, 0.2) is 5.96 Å². The lowest BCUT2D eigenvalue weighted by molar-refractivity contribution is -0.121. The van der Waals surface area contributed by atoms with E-state index in [1.54, 1.807) is 0 Å². The fourth-order valence-corrected chi connectivity index (χ4v) is 2.46. The fourth-order valence-electron chi connectivity index (χ4n) is 2.46. The van der Waals surface area contributed by atoms with Crippen LogP contribution in [-0.4, -0.2) is 42.4 Å². The molecule has 0 aromatic rings. The van der Waals surface area contributed by atoms with Crippen molar-refractivity contribution in [2.24, 2.45) is 16.6 Å². The maximum absolute atomic E-state index is 11.5. The molecule has 1 amide bonds. The highest BCUT2D eigenvalue weighted by Gasteiger charge is 2.22. The van der Waals surface area contributed by atoms with Crippen LogP contribution in [0.4, 0.5) is 0 Å². The second-order valence-corrected chi connectivity index (χ2v) is 5.88. The van der Waals surface area contributed by atoms with Crippen LogP contribution in [0.5, 0.6) is 0 Å². The number of nitrogens with one attached hydrogen (secondary N) is 1. The van der Waals surface area contributed by atoms with Gasteiger partial charge in [-0.05, 0) is 38.0 Å². The summed E-state index contributed by atoms with van der Waals surface area (Å²) in [5.41, 5.74) is 5.99. The molecule has 1 aliphatic carbocycles. The van der Waals surface area contributed by atoms with E-state index in [1.807, 2.05) is 0 Å². The first kappa shape index (κ1) is 17.5. The number of piperidine rings is 1. The first-order valence-corrected chi connectivity index (χ1v) is 7.49. The van der Waals surface area contributed by atoms with Crippen LogP contribution in [0.2, 0.25) is 0 Å². The molecule has 2 fully saturated rings. The van der Waals surface area contributed by atoms with Crippen molar-refractivity contribution < 1.29 is 4.79 Å². The average molecular weight is 394 g/mol. The molecular formula is C14H27IN4O. The first-order valence-electron chi connectivity index (χ1n) is 7.49. The molecule has 2 rings (SSSR count). The van der Waals surface area contributed by atoms with E-state index in [9.17, 15) is 4.79 Å². The molecule has 0 aromatic carbocycles. The quantitative estimate of drug-likeness (QED) is 0.323. The monoisotopic (exact) mass is 394 g/mol.